The van der Waals surface area contributed by atoms with Gasteiger partial charge >= 0.3 is 0 Å². The van der Waals surface area contributed by atoms with Gasteiger partial charge in [-0.05, 0) is 50.6 Å². The van der Waals surface area contributed by atoms with Crippen molar-refractivity contribution >= 4 is 28.6 Å². The van der Waals surface area contributed by atoms with Crippen LogP contribution in [-0.4, -0.2) is 30.6 Å². The first-order valence-corrected chi connectivity index (χ1v) is 12.0. The van der Waals surface area contributed by atoms with Gasteiger partial charge in [-0.3, -0.25) is 4.79 Å². The fourth-order valence-corrected chi connectivity index (χ4v) is 5.05. The third kappa shape index (κ3) is 3.90. The molecule has 31 heavy (non-hydrogen) atoms. The molecule has 0 aliphatic heterocycles. The van der Waals surface area contributed by atoms with Gasteiger partial charge < -0.3 is 5.32 Å². The molecule has 0 unspecified atom stereocenters. The molecule has 4 aromatic rings. The van der Waals surface area contributed by atoms with E-state index < -0.39 is 0 Å². The third-order valence-corrected chi connectivity index (χ3v) is 7.01. The van der Waals surface area contributed by atoms with Crippen LogP contribution in [0.5, 0.6) is 0 Å². The Morgan fingerprint density at radius 1 is 1.23 bits per heavy atom. The molecule has 1 saturated carbocycles. The Bertz CT molecular complexity index is 1240. The molecule has 5 rings (SSSR count). The molecule has 7 nitrogen and oxygen atoms in total. The second-order valence-corrected chi connectivity index (χ2v) is 9.80. The summed E-state index contributed by atoms with van der Waals surface area (Å²) in [6, 6.07) is 3.89. The zero-order chi connectivity index (χ0) is 21.5. The quantitative estimate of drug-likeness (QED) is 0.455. The van der Waals surface area contributed by atoms with E-state index in [0.29, 0.717) is 17.4 Å². The van der Waals surface area contributed by atoms with Crippen LogP contribution >= 0.6 is 22.7 Å². The number of aryl methyl sites for hydroxylation is 2. The van der Waals surface area contributed by atoms with Gasteiger partial charge in [0.2, 0.25) is 0 Å². The minimum absolute atomic E-state index is 0.142. The van der Waals surface area contributed by atoms with Gasteiger partial charge in [0.1, 0.15) is 0 Å². The second kappa shape index (κ2) is 7.97. The molecule has 0 radical (unpaired) electrons. The topological polar surface area (TPSA) is 85.6 Å². The first-order chi connectivity index (χ1) is 15.0. The maximum Gasteiger partial charge on any atom is 0.255 e. The van der Waals surface area contributed by atoms with Crippen molar-refractivity contribution in [2.24, 2.45) is 0 Å². The highest BCUT2D eigenvalue weighted by atomic mass is 32.1. The standard InChI is InChI=1S/C22H22N6OS2/c1-12-9-23-22(27-19(12)18-5-4-8-30-18)28-20(15-6-7-15)16(10-24-28)21(29)25-13(2)17-11-31-14(3)26-17/h4-5,8-11,13,15H,6-7H2,1-3H3,(H,25,29)/t13-/m1/s1. The number of amides is 1. The van der Waals surface area contributed by atoms with Crippen molar-refractivity contribution in [2.75, 3.05) is 0 Å². The lowest BCUT2D eigenvalue weighted by Crippen LogP contribution is -2.27. The molecular weight excluding hydrogens is 428 g/mol. The maximum atomic E-state index is 13.1. The highest BCUT2D eigenvalue weighted by Crippen LogP contribution is 2.42. The molecule has 0 spiro atoms. The number of nitrogens with zero attached hydrogens (tertiary/aromatic N) is 5. The highest BCUT2D eigenvalue weighted by Gasteiger charge is 2.34. The van der Waals surface area contributed by atoms with Crippen LogP contribution in [0, 0.1) is 13.8 Å². The van der Waals surface area contributed by atoms with Crippen LogP contribution in [0.25, 0.3) is 16.5 Å². The molecule has 4 aromatic heterocycles. The molecule has 0 bridgehead atoms. The summed E-state index contributed by atoms with van der Waals surface area (Å²) < 4.78 is 1.74. The van der Waals surface area contributed by atoms with Crippen LogP contribution < -0.4 is 5.32 Å². The molecule has 0 saturated heterocycles. The van der Waals surface area contributed by atoms with E-state index in [-0.39, 0.29) is 11.9 Å². The van der Waals surface area contributed by atoms with Crippen LogP contribution in [0.2, 0.25) is 0 Å². The summed E-state index contributed by atoms with van der Waals surface area (Å²) in [6.45, 7) is 5.91. The minimum atomic E-state index is -0.172. The van der Waals surface area contributed by atoms with Gasteiger partial charge in [-0.15, -0.1) is 22.7 Å². The van der Waals surface area contributed by atoms with Gasteiger partial charge in [-0.25, -0.2) is 19.6 Å². The maximum absolute atomic E-state index is 13.1. The molecule has 1 aliphatic carbocycles. The Morgan fingerprint density at radius 2 is 2.06 bits per heavy atom. The van der Waals surface area contributed by atoms with E-state index in [1.54, 1.807) is 33.6 Å². The van der Waals surface area contributed by atoms with E-state index in [2.05, 4.69) is 26.4 Å². The van der Waals surface area contributed by atoms with Crippen LogP contribution in [0.3, 0.4) is 0 Å². The van der Waals surface area contributed by atoms with Crippen molar-refractivity contribution in [2.45, 2.75) is 45.6 Å². The largest absolute Gasteiger partial charge is 0.344 e. The van der Waals surface area contributed by atoms with Gasteiger partial charge in [0.15, 0.2) is 0 Å². The average Bonchev–Trinajstić information content (AvgIpc) is 3.14. The summed E-state index contributed by atoms with van der Waals surface area (Å²) in [4.78, 5) is 28.0. The van der Waals surface area contributed by atoms with Crippen LogP contribution in [0.15, 0.2) is 35.3 Å². The van der Waals surface area contributed by atoms with Crippen molar-refractivity contribution < 1.29 is 4.79 Å². The zero-order valence-corrected chi connectivity index (χ0v) is 19.1. The van der Waals surface area contributed by atoms with Crippen LogP contribution in [0.1, 0.15) is 64.0 Å². The average molecular weight is 451 g/mol. The molecule has 158 valence electrons. The molecule has 4 heterocycles. The summed E-state index contributed by atoms with van der Waals surface area (Å²) >= 11 is 3.23. The van der Waals surface area contributed by atoms with Gasteiger partial charge in [-0.1, -0.05) is 6.07 Å². The SMILES string of the molecule is Cc1nc([C@@H](C)NC(=O)c2cnn(-c3ncc(C)c(-c4cccs4)n3)c2C2CC2)cs1. The molecule has 1 fully saturated rings. The van der Waals surface area contributed by atoms with Crippen molar-refractivity contribution in [1.29, 1.82) is 0 Å². The summed E-state index contributed by atoms with van der Waals surface area (Å²) in [5, 5.41) is 12.6. The number of carbonyl (C=O) groups is 1. The van der Waals surface area contributed by atoms with Crippen LogP contribution in [-0.2, 0) is 0 Å². The van der Waals surface area contributed by atoms with Gasteiger partial charge in [0, 0.05) is 17.5 Å². The molecule has 1 N–H and O–H groups in total. The van der Waals surface area contributed by atoms with Crippen molar-refractivity contribution in [3.05, 3.63) is 62.8 Å². The highest BCUT2D eigenvalue weighted by molar-refractivity contribution is 7.13. The van der Waals surface area contributed by atoms with E-state index in [0.717, 1.165) is 45.4 Å². The fourth-order valence-electron chi connectivity index (χ4n) is 3.57. The van der Waals surface area contributed by atoms with Gasteiger partial charge in [-0.2, -0.15) is 5.10 Å². The summed E-state index contributed by atoms with van der Waals surface area (Å²) in [7, 11) is 0. The lowest BCUT2D eigenvalue weighted by molar-refractivity contribution is 0.0938. The van der Waals surface area contributed by atoms with Crippen molar-refractivity contribution in [1.82, 2.24) is 30.0 Å². The number of thiazole rings is 1. The molecule has 1 aliphatic rings. The number of nitrogens with one attached hydrogen (secondary N) is 1. The van der Waals surface area contributed by atoms with E-state index >= 15 is 0 Å². The number of hydrogen-bond donors (Lipinski definition) is 1. The number of thiophene rings is 1. The second-order valence-electron chi connectivity index (χ2n) is 7.80. The number of rotatable bonds is 6. The number of aromatic nitrogens is 5. The molecular formula is C22H22N6OS2. The van der Waals surface area contributed by atoms with E-state index in [1.165, 1.54) is 0 Å². The Hall–Kier alpha value is -2.91. The monoisotopic (exact) mass is 450 g/mol. The fraction of sp³-hybridized carbons (Fsp3) is 0.318. The van der Waals surface area contributed by atoms with E-state index in [4.69, 9.17) is 4.98 Å². The smallest absolute Gasteiger partial charge is 0.255 e. The normalized spacial score (nSPS) is 14.5. The van der Waals surface area contributed by atoms with Crippen molar-refractivity contribution in [3.63, 3.8) is 0 Å². The Kier molecular flexibility index (Phi) is 5.15. The first-order valence-electron chi connectivity index (χ1n) is 10.2. The number of hydrogen-bond acceptors (Lipinski definition) is 7. The third-order valence-electron chi connectivity index (χ3n) is 5.35. The van der Waals surface area contributed by atoms with E-state index in [9.17, 15) is 4.79 Å². The lowest BCUT2D eigenvalue weighted by atomic mass is 10.1. The molecule has 1 amide bonds. The predicted octanol–water partition coefficient (Wildman–Crippen LogP) is 4.83. The summed E-state index contributed by atoms with van der Waals surface area (Å²) in [5.41, 5.74) is 4.26. The van der Waals surface area contributed by atoms with Gasteiger partial charge in [0.05, 0.1) is 44.8 Å². The lowest BCUT2D eigenvalue weighted by Gasteiger charge is -2.13. The molecule has 0 aromatic carbocycles. The van der Waals surface area contributed by atoms with E-state index in [1.807, 2.05) is 43.8 Å². The Labute approximate surface area is 188 Å². The minimum Gasteiger partial charge on any atom is -0.344 e. The first kappa shape index (κ1) is 20.0. The Morgan fingerprint density at radius 3 is 2.74 bits per heavy atom. The number of carbonyl (C=O) groups excluding carboxylic acids is 1. The van der Waals surface area contributed by atoms with Gasteiger partial charge in [0.25, 0.3) is 11.9 Å². The van der Waals surface area contributed by atoms with Crippen molar-refractivity contribution in [3.8, 4) is 16.5 Å². The summed E-state index contributed by atoms with van der Waals surface area (Å²) in [5.74, 6) is 0.658. The zero-order valence-electron chi connectivity index (χ0n) is 17.5. The van der Waals surface area contributed by atoms with Crippen LogP contribution in [0.4, 0.5) is 0 Å². The predicted molar refractivity (Wildman–Crippen MR) is 122 cm³/mol. The molecule has 1 atom stereocenters. The molecule has 9 heteroatoms. The summed E-state index contributed by atoms with van der Waals surface area (Å²) in [6.07, 6.45) is 5.53. The Balaban J connectivity index is 1.48.